The summed E-state index contributed by atoms with van der Waals surface area (Å²) in [4.78, 5) is 24.3. The Morgan fingerprint density at radius 3 is 1.72 bits per heavy atom. The molecule has 4 rings (SSSR count). The van der Waals surface area contributed by atoms with Crippen LogP contribution in [0.1, 0.15) is 31.8 Å². The Bertz CT molecular complexity index is 1260. The average molecular weight is 389 g/mol. The Kier molecular flexibility index (Phi) is 4.27. The predicted molar refractivity (Wildman–Crippen MR) is 111 cm³/mol. The first-order chi connectivity index (χ1) is 13.9. The summed E-state index contributed by atoms with van der Waals surface area (Å²) in [5.41, 5.74) is 2.55. The fraction of sp³-hybridized carbons (Fsp3) is 0.130. The van der Waals surface area contributed by atoms with Gasteiger partial charge in [0, 0.05) is 16.3 Å². The lowest BCUT2D eigenvalue weighted by atomic mass is 9.94. The number of nitrogens with zero attached hydrogens (tertiary/aromatic N) is 1. The van der Waals surface area contributed by atoms with E-state index in [4.69, 9.17) is 4.74 Å². The number of benzene rings is 3. The summed E-state index contributed by atoms with van der Waals surface area (Å²) < 4.78 is 7.14. The molecule has 0 fully saturated rings. The minimum Gasteiger partial charge on any atom is -0.496 e. The highest BCUT2D eigenvalue weighted by atomic mass is 16.5. The van der Waals surface area contributed by atoms with Crippen LogP contribution in [0, 0.1) is 13.8 Å². The Labute approximate surface area is 166 Å². The van der Waals surface area contributed by atoms with Gasteiger partial charge in [0.2, 0.25) is 0 Å². The molecule has 0 aliphatic rings. The monoisotopic (exact) mass is 389 g/mol. The van der Waals surface area contributed by atoms with Crippen molar-refractivity contribution in [2.45, 2.75) is 13.8 Å². The normalized spacial score (nSPS) is 11.1. The zero-order chi connectivity index (χ0) is 20.9. The van der Waals surface area contributed by atoms with Crippen molar-refractivity contribution in [1.82, 2.24) is 4.57 Å². The third-order valence-electron chi connectivity index (χ3n) is 5.35. The van der Waals surface area contributed by atoms with E-state index in [2.05, 4.69) is 0 Å². The molecule has 0 unspecified atom stereocenters. The van der Waals surface area contributed by atoms with Crippen LogP contribution in [0.5, 0.6) is 5.75 Å². The highest BCUT2D eigenvalue weighted by Crippen LogP contribution is 2.40. The second kappa shape index (κ2) is 6.67. The molecule has 2 N–H and O–H groups in total. The van der Waals surface area contributed by atoms with Gasteiger partial charge in [0.25, 0.3) is 0 Å². The van der Waals surface area contributed by atoms with Crippen molar-refractivity contribution in [2.24, 2.45) is 0 Å². The van der Waals surface area contributed by atoms with E-state index in [0.29, 0.717) is 11.3 Å². The molecule has 0 saturated heterocycles. The number of aromatic carboxylic acids is 2. The van der Waals surface area contributed by atoms with Crippen LogP contribution in [0.4, 0.5) is 0 Å². The number of hydrogen-bond donors (Lipinski definition) is 2. The number of carbonyl (C=O) groups is 2. The van der Waals surface area contributed by atoms with Gasteiger partial charge < -0.3 is 19.5 Å². The number of hydrogen-bond acceptors (Lipinski definition) is 3. The number of rotatable bonds is 4. The molecule has 4 aromatic rings. The molecule has 0 atom stereocenters. The van der Waals surface area contributed by atoms with Crippen molar-refractivity contribution in [1.29, 1.82) is 0 Å². The summed E-state index contributed by atoms with van der Waals surface area (Å²) in [5, 5.41) is 21.8. The number of fused-ring (bicyclic) bond motifs is 3. The number of ether oxygens (including phenoxy) is 1. The second-order valence-corrected chi connectivity index (χ2v) is 6.86. The lowest BCUT2D eigenvalue weighted by Crippen LogP contribution is -2.16. The Morgan fingerprint density at radius 1 is 0.793 bits per heavy atom. The minimum absolute atomic E-state index is 0.0239. The number of aromatic nitrogens is 1. The summed E-state index contributed by atoms with van der Waals surface area (Å²) in [6, 6.07) is 15.3. The Balaban J connectivity index is 2.30. The minimum atomic E-state index is -1.17. The van der Waals surface area contributed by atoms with E-state index in [1.807, 2.05) is 53.1 Å². The highest BCUT2D eigenvalue weighted by Gasteiger charge is 2.29. The zero-order valence-electron chi connectivity index (χ0n) is 16.2. The first-order valence-electron chi connectivity index (χ1n) is 9.04. The van der Waals surface area contributed by atoms with Gasteiger partial charge in [-0.25, -0.2) is 9.59 Å². The van der Waals surface area contributed by atoms with Gasteiger partial charge in [0.15, 0.2) is 0 Å². The maximum absolute atomic E-state index is 12.3. The van der Waals surface area contributed by atoms with E-state index < -0.39 is 11.9 Å². The van der Waals surface area contributed by atoms with Gasteiger partial charge in [0.05, 0.1) is 29.4 Å². The van der Waals surface area contributed by atoms with E-state index in [1.165, 1.54) is 7.11 Å². The SMILES string of the molecule is COc1c(C)c(C(=O)O)c(-n2c3ccccc3c3ccccc32)c(C)c1C(=O)O. The third kappa shape index (κ3) is 2.56. The van der Waals surface area contributed by atoms with Crippen LogP contribution in [0.3, 0.4) is 0 Å². The van der Waals surface area contributed by atoms with Crippen LogP contribution in [-0.2, 0) is 0 Å². The number of para-hydroxylation sites is 2. The molecule has 146 valence electrons. The molecule has 0 amide bonds. The molecule has 1 aromatic heterocycles. The predicted octanol–water partition coefficient (Wildman–Crippen LogP) is 4.81. The number of carboxylic acid groups (broad SMARTS) is 2. The van der Waals surface area contributed by atoms with Gasteiger partial charge in [-0.15, -0.1) is 0 Å². The molecule has 0 aliphatic carbocycles. The van der Waals surface area contributed by atoms with Crippen LogP contribution >= 0.6 is 0 Å². The summed E-state index contributed by atoms with van der Waals surface area (Å²) in [5.74, 6) is -2.24. The van der Waals surface area contributed by atoms with Crippen molar-refractivity contribution in [3.8, 4) is 11.4 Å². The van der Waals surface area contributed by atoms with Gasteiger partial charge in [0.1, 0.15) is 11.3 Å². The largest absolute Gasteiger partial charge is 0.496 e. The van der Waals surface area contributed by atoms with Crippen molar-refractivity contribution >= 4 is 33.7 Å². The zero-order valence-corrected chi connectivity index (χ0v) is 16.2. The van der Waals surface area contributed by atoms with E-state index in [9.17, 15) is 19.8 Å². The molecule has 0 bridgehead atoms. The first kappa shape index (κ1) is 18.6. The molecule has 6 nitrogen and oxygen atoms in total. The smallest absolute Gasteiger partial charge is 0.339 e. The first-order valence-corrected chi connectivity index (χ1v) is 9.04. The lowest BCUT2D eigenvalue weighted by Gasteiger charge is -2.21. The van der Waals surface area contributed by atoms with Gasteiger partial charge in [-0.05, 0) is 31.5 Å². The average Bonchev–Trinajstić information content (AvgIpc) is 3.02. The summed E-state index contributed by atoms with van der Waals surface area (Å²) in [7, 11) is 1.35. The summed E-state index contributed by atoms with van der Waals surface area (Å²) >= 11 is 0. The Hall–Kier alpha value is -3.80. The van der Waals surface area contributed by atoms with E-state index in [1.54, 1.807) is 13.8 Å². The van der Waals surface area contributed by atoms with Crippen LogP contribution in [0.15, 0.2) is 48.5 Å². The van der Waals surface area contributed by atoms with Crippen molar-refractivity contribution in [3.63, 3.8) is 0 Å². The third-order valence-corrected chi connectivity index (χ3v) is 5.35. The van der Waals surface area contributed by atoms with E-state index in [-0.39, 0.29) is 22.4 Å². The number of methoxy groups -OCH3 is 1. The fourth-order valence-electron chi connectivity index (χ4n) is 4.17. The summed E-state index contributed by atoms with van der Waals surface area (Å²) in [6.07, 6.45) is 0. The highest BCUT2D eigenvalue weighted by molar-refractivity contribution is 6.11. The summed E-state index contributed by atoms with van der Waals surface area (Å²) in [6.45, 7) is 3.20. The lowest BCUT2D eigenvalue weighted by molar-refractivity contribution is 0.0676. The maximum atomic E-state index is 12.3. The molecular weight excluding hydrogens is 370 g/mol. The standard InChI is InChI=1S/C23H19NO5/c1-12-19(23(27)28)21(29-3)13(2)18(22(25)26)20(12)24-16-10-6-4-8-14(16)15-9-5-7-11-17(15)24/h4-11H,1-3H3,(H,25,26)(H,27,28). The van der Waals surface area contributed by atoms with Crippen molar-refractivity contribution in [3.05, 3.63) is 70.8 Å². The Morgan fingerprint density at radius 2 is 1.28 bits per heavy atom. The van der Waals surface area contributed by atoms with Crippen molar-refractivity contribution in [2.75, 3.05) is 7.11 Å². The molecule has 0 aliphatic heterocycles. The maximum Gasteiger partial charge on any atom is 0.339 e. The fourth-order valence-corrected chi connectivity index (χ4v) is 4.17. The van der Waals surface area contributed by atoms with Crippen LogP contribution in [-0.4, -0.2) is 33.8 Å². The second-order valence-electron chi connectivity index (χ2n) is 6.86. The van der Waals surface area contributed by atoms with E-state index >= 15 is 0 Å². The van der Waals surface area contributed by atoms with E-state index in [0.717, 1.165) is 21.8 Å². The van der Waals surface area contributed by atoms with Crippen LogP contribution in [0.25, 0.3) is 27.5 Å². The van der Waals surface area contributed by atoms with Crippen LogP contribution in [0.2, 0.25) is 0 Å². The molecule has 29 heavy (non-hydrogen) atoms. The molecule has 0 radical (unpaired) electrons. The molecular formula is C23H19NO5. The van der Waals surface area contributed by atoms with Gasteiger partial charge in [-0.1, -0.05) is 36.4 Å². The molecule has 3 aromatic carbocycles. The quantitative estimate of drug-likeness (QED) is 0.523. The van der Waals surface area contributed by atoms with Gasteiger partial charge in [-0.3, -0.25) is 0 Å². The molecule has 6 heteroatoms. The van der Waals surface area contributed by atoms with Crippen molar-refractivity contribution < 1.29 is 24.5 Å². The molecule has 1 heterocycles. The molecule has 0 spiro atoms. The molecule has 0 saturated carbocycles. The van der Waals surface area contributed by atoms with Gasteiger partial charge >= 0.3 is 11.9 Å². The van der Waals surface area contributed by atoms with Crippen LogP contribution < -0.4 is 4.74 Å². The van der Waals surface area contributed by atoms with Gasteiger partial charge in [-0.2, -0.15) is 0 Å². The number of carboxylic acids is 2. The topological polar surface area (TPSA) is 88.8 Å².